The van der Waals surface area contributed by atoms with Gasteiger partial charge in [-0.15, -0.1) is 0 Å². The smallest absolute Gasteiger partial charge is 0.338 e. The molecule has 1 aliphatic heterocycles. The number of carbonyl (C=O) groups excluding carboxylic acids is 2. The van der Waals surface area contributed by atoms with Gasteiger partial charge < -0.3 is 9.64 Å². The molecule has 12 heteroatoms. The first-order valence-electron chi connectivity index (χ1n) is 12.3. The van der Waals surface area contributed by atoms with Gasteiger partial charge in [0.05, 0.1) is 21.8 Å². The first kappa shape index (κ1) is 27.2. The maximum atomic E-state index is 13.3. The van der Waals surface area contributed by atoms with E-state index in [1.165, 1.54) is 15.4 Å². The Labute approximate surface area is 235 Å². The van der Waals surface area contributed by atoms with Crippen LogP contribution in [0.5, 0.6) is 0 Å². The number of para-hydroxylation sites is 2. The molecule has 0 atom stereocenters. The van der Waals surface area contributed by atoms with Gasteiger partial charge in [-0.05, 0) is 55.3 Å². The SMILES string of the molecule is Cc1c(NS(=O)(=O)c2cc(Cl)cc(C(=O)OCC(=O)N3CCc4ccccc43)c2)c(=O)n(-c2ccccc2)n1C. The molecule has 4 aromatic rings. The molecular formula is C28H25ClN4O6S. The predicted octanol–water partition coefficient (Wildman–Crippen LogP) is 3.68. The summed E-state index contributed by atoms with van der Waals surface area (Å²) >= 11 is 6.15. The van der Waals surface area contributed by atoms with Gasteiger partial charge in [-0.1, -0.05) is 48.0 Å². The van der Waals surface area contributed by atoms with E-state index in [4.69, 9.17) is 16.3 Å². The highest BCUT2D eigenvalue weighted by Gasteiger charge is 2.27. The van der Waals surface area contributed by atoms with Gasteiger partial charge >= 0.3 is 5.97 Å². The Morgan fingerprint density at radius 2 is 1.73 bits per heavy atom. The minimum Gasteiger partial charge on any atom is -0.452 e. The summed E-state index contributed by atoms with van der Waals surface area (Å²) in [6.07, 6.45) is 0.704. The molecular weight excluding hydrogens is 556 g/mol. The van der Waals surface area contributed by atoms with Crippen LogP contribution in [0.1, 0.15) is 21.6 Å². The van der Waals surface area contributed by atoms with E-state index in [1.54, 1.807) is 49.2 Å². The van der Waals surface area contributed by atoms with E-state index in [0.29, 0.717) is 24.3 Å². The number of anilines is 2. The van der Waals surface area contributed by atoms with E-state index in [9.17, 15) is 22.8 Å². The van der Waals surface area contributed by atoms with Crippen LogP contribution in [-0.4, -0.2) is 42.8 Å². The Kier molecular flexibility index (Phi) is 7.26. The summed E-state index contributed by atoms with van der Waals surface area (Å²) in [5.74, 6) is -1.31. The Morgan fingerprint density at radius 1 is 1.02 bits per heavy atom. The van der Waals surface area contributed by atoms with Gasteiger partial charge in [-0.25, -0.2) is 17.9 Å². The Hall–Kier alpha value is -4.35. The molecule has 3 aromatic carbocycles. The summed E-state index contributed by atoms with van der Waals surface area (Å²) in [6.45, 7) is 1.56. The number of aromatic nitrogens is 2. The lowest BCUT2D eigenvalue weighted by Gasteiger charge is -2.17. The van der Waals surface area contributed by atoms with Gasteiger partial charge in [0.15, 0.2) is 6.61 Å². The van der Waals surface area contributed by atoms with Crippen molar-refractivity contribution in [2.24, 2.45) is 7.05 Å². The van der Waals surface area contributed by atoms with E-state index < -0.39 is 34.1 Å². The molecule has 206 valence electrons. The number of nitrogens with one attached hydrogen (secondary N) is 1. The molecule has 1 amide bonds. The number of halogens is 1. The van der Waals surface area contributed by atoms with Crippen LogP contribution in [0.15, 0.2) is 82.5 Å². The molecule has 2 heterocycles. The number of carbonyl (C=O) groups is 2. The van der Waals surface area contributed by atoms with Crippen molar-refractivity contribution in [3.05, 3.63) is 105 Å². The molecule has 1 N–H and O–H groups in total. The van der Waals surface area contributed by atoms with Crippen LogP contribution in [-0.2, 0) is 33.0 Å². The minimum atomic E-state index is -4.34. The van der Waals surface area contributed by atoms with Crippen molar-refractivity contribution in [3.63, 3.8) is 0 Å². The quantitative estimate of drug-likeness (QED) is 0.333. The molecule has 0 saturated carbocycles. The van der Waals surface area contributed by atoms with Crippen LogP contribution in [0.3, 0.4) is 0 Å². The summed E-state index contributed by atoms with van der Waals surface area (Å²) in [5, 5.41) is -0.0406. The maximum Gasteiger partial charge on any atom is 0.338 e. The lowest BCUT2D eigenvalue weighted by atomic mass is 10.2. The zero-order chi connectivity index (χ0) is 28.6. The third-order valence-corrected chi connectivity index (χ3v) is 8.27. The molecule has 0 unspecified atom stereocenters. The number of esters is 1. The number of amides is 1. The minimum absolute atomic E-state index is 0.0406. The van der Waals surface area contributed by atoms with E-state index in [-0.39, 0.29) is 21.2 Å². The van der Waals surface area contributed by atoms with Crippen molar-refractivity contribution in [2.45, 2.75) is 18.2 Å². The third kappa shape index (κ3) is 5.13. The van der Waals surface area contributed by atoms with Crippen LogP contribution < -0.4 is 15.2 Å². The molecule has 0 saturated heterocycles. The van der Waals surface area contributed by atoms with Crippen molar-refractivity contribution in [1.29, 1.82) is 0 Å². The largest absolute Gasteiger partial charge is 0.452 e. The van der Waals surface area contributed by atoms with Gasteiger partial charge in [0.1, 0.15) is 5.69 Å². The van der Waals surface area contributed by atoms with Crippen LogP contribution in [0.2, 0.25) is 5.02 Å². The summed E-state index contributed by atoms with van der Waals surface area (Å²) in [7, 11) is -2.71. The zero-order valence-electron chi connectivity index (χ0n) is 21.6. The summed E-state index contributed by atoms with van der Waals surface area (Å²) < 4.78 is 37.0. The molecule has 5 rings (SSSR count). The lowest BCUT2D eigenvalue weighted by molar-refractivity contribution is -0.121. The summed E-state index contributed by atoms with van der Waals surface area (Å²) in [6, 6.07) is 19.7. The van der Waals surface area contributed by atoms with E-state index >= 15 is 0 Å². The van der Waals surface area contributed by atoms with Gasteiger partial charge in [-0.2, -0.15) is 0 Å². The van der Waals surface area contributed by atoms with Gasteiger partial charge in [0.25, 0.3) is 21.5 Å². The van der Waals surface area contributed by atoms with Crippen molar-refractivity contribution in [1.82, 2.24) is 9.36 Å². The Morgan fingerprint density at radius 3 is 2.48 bits per heavy atom. The average molecular weight is 581 g/mol. The highest BCUT2D eigenvalue weighted by atomic mass is 35.5. The van der Waals surface area contributed by atoms with Crippen molar-refractivity contribution < 1.29 is 22.7 Å². The lowest BCUT2D eigenvalue weighted by Crippen LogP contribution is -2.33. The van der Waals surface area contributed by atoms with E-state index in [0.717, 1.165) is 23.4 Å². The van der Waals surface area contributed by atoms with Gasteiger partial charge in [0, 0.05) is 24.3 Å². The summed E-state index contributed by atoms with van der Waals surface area (Å²) in [5.41, 5.74) is 1.86. The normalized spacial score (nSPS) is 12.7. The highest BCUT2D eigenvalue weighted by Crippen LogP contribution is 2.28. The van der Waals surface area contributed by atoms with Crippen molar-refractivity contribution in [2.75, 3.05) is 22.8 Å². The summed E-state index contributed by atoms with van der Waals surface area (Å²) in [4.78, 5) is 39.9. The standard InChI is InChI=1S/C28H25ClN4O6S/c1-18-26(27(35)33(31(18)2)22-9-4-3-5-10-22)30-40(37,38)23-15-20(14-21(29)16-23)28(36)39-17-25(34)32-13-12-19-8-6-7-11-24(19)32/h3-11,14-16,30H,12-13,17H2,1-2H3. The zero-order valence-corrected chi connectivity index (χ0v) is 23.2. The second kappa shape index (κ2) is 10.7. The molecule has 0 bridgehead atoms. The monoisotopic (exact) mass is 580 g/mol. The number of hydrogen-bond acceptors (Lipinski definition) is 6. The highest BCUT2D eigenvalue weighted by molar-refractivity contribution is 7.92. The third-order valence-electron chi connectivity index (χ3n) is 6.72. The molecule has 0 spiro atoms. The molecule has 0 fully saturated rings. The van der Waals surface area contributed by atoms with Crippen LogP contribution >= 0.6 is 11.6 Å². The number of hydrogen-bond donors (Lipinski definition) is 1. The Bertz CT molecular complexity index is 1800. The fourth-order valence-electron chi connectivity index (χ4n) is 4.60. The average Bonchev–Trinajstić information content (AvgIpc) is 3.46. The maximum absolute atomic E-state index is 13.3. The topological polar surface area (TPSA) is 120 Å². The fourth-order valence-corrected chi connectivity index (χ4v) is 6.09. The van der Waals surface area contributed by atoms with E-state index in [1.807, 2.05) is 24.3 Å². The Balaban J connectivity index is 1.35. The van der Waals surface area contributed by atoms with Crippen LogP contribution in [0.25, 0.3) is 5.69 Å². The number of rotatable bonds is 7. The first-order valence-corrected chi connectivity index (χ1v) is 14.2. The second-order valence-corrected chi connectivity index (χ2v) is 11.3. The van der Waals surface area contributed by atoms with Crippen molar-refractivity contribution in [3.8, 4) is 5.69 Å². The predicted molar refractivity (Wildman–Crippen MR) is 151 cm³/mol. The molecule has 0 aliphatic carbocycles. The molecule has 10 nitrogen and oxygen atoms in total. The van der Waals surface area contributed by atoms with Crippen LogP contribution in [0.4, 0.5) is 11.4 Å². The molecule has 0 radical (unpaired) electrons. The van der Waals surface area contributed by atoms with Gasteiger partial charge in [-0.3, -0.25) is 19.0 Å². The van der Waals surface area contributed by atoms with Crippen molar-refractivity contribution >= 4 is 44.9 Å². The number of nitrogens with zero attached hydrogens (tertiary/aromatic N) is 3. The van der Waals surface area contributed by atoms with Crippen LogP contribution in [0, 0.1) is 6.92 Å². The molecule has 1 aliphatic rings. The number of benzene rings is 3. The molecule has 1 aromatic heterocycles. The number of fused-ring (bicyclic) bond motifs is 1. The van der Waals surface area contributed by atoms with Gasteiger partial charge in [0.2, 0.25) is 0 Å². The second-order valence-electron chi connectivity index (χ2n) is 9.22. The fraction of sp³-hybridized carbons (Fsp3) is 0.179. The number of sulfonamides is 1. The number of ether oxygens (including phenoxy) is 1. The first-order chi connectivity index (χ1) is 19.1. The van der Waals surface area contributed by atoms with E-state index in [2.05, 4.69) is 4.72 Å². The molecule has 40 heavy (non-hydrogen) atoms.